The molecule has 1 saturated heterocycles. The number of rotatable bonds is 5. The number of aromatic nitrogens is 3. The number of piperidine rings is 1. The maximum absolute atomic E-state index is 13.0. The zero-order valence-corrected chi connectivity index (χ0v) is 18.5. The molecule has 7 heteroatoms. The summed E-state index contributed by atoms with van der Waals surface area (Å²) in [6.45, 7) is 2.10. The van der Waals surface area contributed by atoms with Crippen LogP contribution in [-0.2, 0) is 11.3 Å². The molecule has 0 spiro atoms. The molecular formula is C25H28N6O. The van der Waals surface area contributed by atoms with Crippen molar-refractivity contribution in [2.24, 2.45) is 5.92 Å². The summed E-state index contributed by atoms with van der Waals surface area (Å²) in [7, 11) is 4.04. The summed E-state index contributed by atoms with van der Waals surface area (Å²) in [5.74, 6) is 0.954. The number of hydrogen-bond donors (Lipinski definition) is 1. The van der Waals surface area contributed by atoms with Crippen LogP contribution in [0.3, 0.4) is 0 Å². The van der Waals surface area contributed by atoms with Crippen molar-refractivity contribution in [3.05, 3.63) is 66.5 Å². The normalized spacial score (nSPS) is 16.4. The fourth-order valence-corrected chi connectivity index (χ4v) is 4.46. The average molecular weight is 429 g/mol. The van der Waals surface area contributed by atoms with Crippen LogP contribution in [0.5, 0.6) is 0 Å². The first-order valence-corrected chi connectivity index (χ1v) is 11.1. The van der Waals surface area contributed by atoms with E-state index in [1.54, 1.807) is 6.20 Å². The van der Waals surface area contributed by atoms with E-state index in [9.17, 15) is 4.79 Å². The first-order chi connectivity index (χ1) is 15.6. The van der Waals surface area contributed by atoms with Gasteiger partial charge in [-0.2, -0.15) is 0 Å². The van der Waals surface area contributed by atoms with Crippen LogP contribution in [0.4, 0.5) is 11.5 Å². The van der Waals surface area contributed by atoms with Crippen molar-refractivity contribution in [1.82, 2.24) is 19.7 Å². The summed E-state index contributed by atoms with van der Waals surface area (Å²) < 4.78 is 2.13. The molecule has 0 aliphatic carbocycles. The minimum atomic E-state index is -0.0546. The molecule has 3 aromatic heterocycles. The number of carbonyl (C=O) groups excluding carboxylic acids is 1. The molecule has 1 N–H and O–H groups in total. The van der Waals surface area contributed by atoms with Crippen molar-refractivity contribution in [2.45, 2.75) is 19.4 Å². The van der Waals surface area contributed by atoms with Crippen molar-refractivity contribution >= 4 is 34.1 Å². The second-order valence-electron chi connectivity index (χ2n) is 8.61. The number of hydrogen-bond acceptors (Lipinski definition) is 5. The lowest BCUT2D eigenvalue weighted by Crippen LogP contribution is -2.43. The third kappa shape index (κ3) is 3.86. The monoisotopic (exact) mass is 428 g/mol. The third-order valence-electron chi connectivity index (χ3n) is 6.23. The standard InChI is InChI=1S/C25H28N6O/c1-29(2)20-11-9-18(10-12-20)16-27-25(32)19-6-4-14-30(17-19)24-22-8-5-15-31(22)21-7-3-13-26-23(21)28-24/h3,5,7-13,15,19H,4,6,14,16-17H2,1-2H3,(H,27,32)/t19-/m1/s1. The van der Waals surface area contributed by atoms with Gasteiger partial charge in [-0.15, -0.1) is 0 Å². The largest absolute Gasteiger partial charge is 0.378 e. The van der Waals surface area contributed by atoms with Crippen LogP contribution in [0.25, 0.3) is 16.7 Å². The summed E-state index contributed by atoms with van der Waals surface area (Å²) in [5.41, 5.74) is 5.01. The number of anilines is 2. The van der Waals surface area contributed by atoms with Gasteiger partial charge in [0.2, 0.25) is 5.91 Å². The highest BCUT2D eigenvalue weighted by molar-refractivity contribution is 5.84. The van der Waals surface area contributed by atoms with E-state index in [0.717, 1.165) is 53.1 Å². The van der Waals surface area contributed by atoms with E-state index in [2.05, 4.69) is 54.8 Å². The fraction of sp³-hybridized carbons (Fsp3) is 0.320. The van der Waals surface area contributed by atoms with Crippen molar-refractivity contribution in [3.63, 3.8) is 0 Å². The molecule has 7 nitrogen and oxygen atoms in total. The Balaban J connectivity index is 1.31. The topological polar surface area (TPSA) is 65.8 Å². The van der Waals surface area contributed by atoms with Crippen LogP contribution in [-0.4, -0.2) is 47.5 Å². The molecule has 1 aliphatic heterocycles. The Morgan fingerprint density at radius 2 is 1.94 bits per heavy atom. The first kappa shape index (κ1) is 20.3. The molecule has 4 heterocycles. The highest BCUT2D eigenvalue weighted by Gasteiger charge is 2.28. The second kappa shape index (κ2) is 8.49. The summed E-state index contributed by atoms with van der Waals surface area (Å²) in [6.07, 6.45) is 5.67. The number of benzene rings is 1. The fourth-order valence-electron chi connectivity index (χ4n) is 4.46. The van der Waals surface area contributed by atoms with Gasteiger partial charge in [0.25, 0.3) is 0 Å². The Bertz CT molecular complexity index is 1250. The molecule has 4 aromatic rings. The lowest BCUT2D eigenvalue weighted by atomic mass is 9.97. The second-order valence-corrected chi connectivity index (χ2v) is 8.61. The summed E-state index contributed by atoms with van der Waals surface area (Å²) in [6, 6.07) is 16.4. The van der Waals surface area contributed by atoms with Gasteiger partial charge in [-0.3, -0.25) is 4.79 Å². The van der Waals surface area contributed by atoms with Crippen LogP contribution in [0.2, 0.25) is 0 Å². The summed E-state index contributed by atoms with van der Waals surface area (Å²) >= 11 is 0. The SMILES string of the molecule is CN(C)c1ccc(CNC(=O)[C@@H]2CCCN(c3nc4ncccc4n4cccc34)C2)cc1. The van der Waals surface area contributed by atoms with E-state index in [4.69, 9.17) is 4.98 Å². The maximum atomic E-state index is 13.0. The van der Waals surface area contributed by atoms with Gasteiger partial charge in [-0.05, 0) is 54.8 Å². The molecule has 32 heavy (non-hydrogen) atoms. The Morgan fingerprint density at radius 3 is 2.75 bits per heavy atom. The number of pyridine rings is 1. The molecule has 164 valence electrons. The van der Waals surface area contributed by atoms with Crippen LogP contribution in [0.1, 0.15) is 18.4 Å². The van der Waals surface area contributed by atoms with E-state index < -0.39 is 0 Å². The van der Waals surface area contributed by atoms with Gasteiger partial charge >= 0.3 is 0 Å². The lowest BCUT2D eigenvalue weighted by Gasteiger charge is -2.33. The zero-order valence-electron chi connectivity index (χ0n) is 18.5. The molecule has 0 radical (unpaired) electrons. The molecule has 1 aromatic carbocycles. The Hall–Kier alpha value is -3.61. The molecule has 1 atom stereocenters. The van der Waals surface area contributed by atoms with E-state index >= 15 is 0 Å². The van der Waals surface area contributed by atoms with Crippen molar-refractivity contribution in [3.8, 4) is 0 Å². The van der Waals surface area contributed by atoms with E-state index in [-0.39, 0.29) is 11.8 Å². The smallest absolute Gasteiger partial charge is 0.225 e. The van der Waals surface area contributed by atoms with E-state index in [1.165, 1.54) is 0 Å². The molecule has 0 saturated carbocycles. The lowest BCUT2D eigenvalue weighted by molar-refractivity contribution is -0.125. The third-order valence-corrected chi connectivity index (χ3v) is 6.23. The minimum absolute atomic E-state index is 0.0546. The quantitative estimate of drug-likeness (QED) is 0.527. The Morgan fingerprint density at radius 1 is 1.12 bits per heavy atom. The van der Waals surface area contributed by atoms with Crippen molar-refractivity contribution in [2.75, 3.05) is 37.0 Å². The van der Waals surface area contributed by atoms with Crippen molar-refractivity contribution < 1.29 is 4.79 Å². The number of amides is 1. The van der Waals surface area contributed by atoms with Crippen LogP contribution in [0.15, 0.2) is 60.9 Å². The van der Waals surface area contributed by atoms with Crippen molar-refractivity contribution in [1.29, 1.82) is 0 Å². The van der Waals surface area contributed by atoms with E-state index in [1.807, 2.05) is 38.5 Å². The molecule has 1 aliphatic rings. The maximum Gasteiger partial charge on any atom is 0.225 e. The zero-order chi connectivity index (χ0) is 22.1. The molecule has 5 rings (SSSR count). The van der Waals surface area contributed by atoms with Gasteiger partial charge in [0.15, 0.2) is 11.5 Å². The van der Waals surface area contributed by atoms with Crippen LogP contribution < -0.4 is 15.1 Å². The highest BCUT2D eigenvalue weighted by Crippen LogP contribution is 2.28. The van der Waals surface area contributed by atoms with Gasteiger partial charge in [0.1, 0.15) is 0 Å². The predicted octanol–water partition coefficient (Wildman–Crippen LogP) is 3.48. The Kier molecular flexibility index (Phi) is 5.39. The average Bonchev–Trinajstić information content (AvgIpc) is 3.33. The summed E-state index contributed by atoms with van der Waals surface area (Å²) in [5, 5.41) is 3.13. The van der Waals surface area contributed by atoms with Crippen LogP contribution >= 0.6 is 0 Å². The van der Waals surface area contributed by atoms with E-state index in [0.29, 0.717) is 13.1 Å². The number of carbonyl (C=O) groups is 1. The number of fused-ring (bicyclic) bond motifs is 3. The Labute approximate surface area is 187 Å². The first-order valence-electron chi connectivity index (χ1n) is 11.1. The molecular weight excluding hydrogens is 400 g/mol. The predicted molar refractivity (Wildman–Crippen MR) is 128 cm³/mol. The molecule has 0 bridgehead atoms. The van der Waals surface area contributed by atoms with Crippen LogP contribution in [0, 0.1) is 5.92 Å². The van der Waals surface area contributed by atoms with Gasteiger partial charge < -0.3 is 19.5 Å². The minimum Gasteiger partial charge on any atom is -0.378 e. The van der Waals surface area contributed by atoms with Gasteiger partial charge in [0, 0.05) is 51.8 Å². The summed E-state index contributed by atoms with van der Waals surface area (Å²) in [4.78, 5) is 26.6. The highest BCUT2D eigenvalue weighted by atomic mass is 16.1. The molecule has 1 amide bonds. The molecule has 0 unspecified atom stereocenters. The number of nitrogens with one attached hydrogen (secondary N) is 1. The van der Waals surface area contributed by atoms with Gasteiger partial charge in [-0.1, -0.05) is 12.1 Å². The van der Waals surface area contributed by atoms with Gasteiger partial charge in [0.05, 0.1) is 17.0 Å². The van der Waals surface area contributed by atoms with Gasteiger partial charge in [-0.25, -0.2) is 9.97 Å². The number of nitrogens with zero attached hydrogens (tertiary/aromatic N) is 5. The molecule has 1 fully saturated rings.